The molecule has 0 spiro atoms. The number of aromatic nitrogens is 2. The Balaban J connectivity index is 1.56. The van der Waals surface area contributed by atoms with E-state index in [1.165, 1.54) is 11.3 Å². The molecule has 1 aliphatic heterocycles. The molecule has 1 fully saturated rings. The molecule has 2 aromatic carbocycles. The van der Waals surface area contributed by atoms with Crippen molar-refractivity contribution in [2.45, 2.75) is 32.0 Å². The lowest BCUT2D eigenvalue weighted by Crippen LogP contribution is -2.45. The second-order valence-corrected chi connectivity index (χ2v) is 9.70. The van der Waals surface area contributed by atoms with Gasteiger partial charge in [0.25, 0.3) is 5.56 Å². The molecular formula is C26H26N6OS. The van der Waals surface area contributed by atoms with Gasteiger partial charge < -0.3 is 16.0 Å². The smallest absolute Gasteiger partial charge is 0.273 e. The van der Waals surface area contributed by atoms with Crippen molar-refractivity contribution in [2.75, 3.05) is 23.3 Å². The van der Waals surface area contributed by atoms with Crippen molar-refractivity contribution in [1.29, 1.82) is 5.26 Å². The number of piperidine rings is 1. The van der Waals surface area contributed by atoms with Gasteiger partial charge in [0.1, 0.15) is 4.70 Å². The SMILES string of the molecule is N#Cc1ccccc1Cn1c(N2CCC[C@@H](N)C2)nc2cc(CNc3ccccc3)sc2c1=O. The zero-order valence-corrected chi connectivity index (χ0v) is 19.6. The fourth-order valence-electron chi connectivity index (χ4n) is 4.39. The zero-order valence-electron chi connectivity index (χ0n) is 18.8. The Labute approximate surface area is 202 Å². The fourth-order valence-corrected chi connectivity index (χ4v) is 5.38. The van der Waals surface area contributed by atoms with E-state index in [1.54, 1.807) is 10.6 Å². The number of nitrogens with zero attached hydrogens (tertiary/aromatic N) is 4. The summed E-state index contributed by atoms with van der Waals surface area (Å²) in [5, 5.41) is 13.0. The van der Waals surface area contributed by atoms with Crippen molar-refractivity contribution >= 4 is 33.2 Å². The van der Waals surface area contributed by atoms with Crippen LogP contribution in [-0.4, -0.2) is 28.7 Å². The first-order valence-electron chi connectivity index (χ1n) is 11.4. The van der Waals surface area contributed by atoms with Crippen LogP contribution in [0.4, 0.5) is 11.6 Å². The highest BCUT2D eigenvalue weighted by atomic mass is 32.1. The van der Waals surface area contributed by atoms with Crippen LogP contribution in [0.25, 0.3) is 10.2 Å². The Bertz CT molecular complexity index is 1400. The number of hydrogen-bond donors (Lipinski definition) is 2. The van der Waals surface area contributed by atoms with Gasteiger partial charge in [-0.2, -0.15) is 5.26 Å². The molecule has 34 heavy (non-hydrogen) atoms. The van der Waals surface area contributed by atoms with Gasteiger partial charge in [-0.3, -0.25) is 9.36 Å². The van der Waals surface area contributed by atoms with Gasteiger partial charge in [0, 0.05) is 36.2 Å². The number of para-hydroxylation sites is 1. The van der Waals surface area contributed by atoms with E-state index < -0.39 is 0 Å². The van der Waals surface area contributed by atoms with Gasteiger partial charge >= 0.3 is 0 Å². The van der Waals surface area contributed by atoms with Gasteiger partial charge in [-0.05, 0) is 42.7 Å². The Morgan fingerprint density at radius 1 is 1.18 bits per heavy atom. The van der Waals surface area contributed by atoms with Crippen LogP contribution >= 0.6 is 11.3 Å². The Kier molecular flexibility index (Phi) is 6.30. The second-order valence-electron chi connectivity index (χ2n) is 8.57. The van der Waals surface area contributed by atoms with Gasteiger partial charge in [0.15, 0.2) is 0 Å². The van der Waals surface area contributed by atoms with Crippen molar-refractivity contribution in [3.63, 3.8) is 0 Å². The highest BCUT2D eigenvalue weighted by Gasteiger charge is 2.24. The fraction of sp³-hybridized carbons (Fsp3) is 0.269. The van der Waals surface area contributed by atoms with E-state index in [1.807, 2.05) is 54.6 Å². The summed E-state index contributed by atoms with van der Waals surface area (Å²) < 4.78 is 2.34. The molecule has 0 radical (unpaired) electrons. The van der Waals surface area contributed by atoms with Crippen LogP contribution in [0.3, 0.4) is 0 Å². The van der Waals surface area contributed by atoms with Crippen LogP contribution in [0, 0.1) is 11.3 Å². The lowest BCUT2D eigenvalue weighted by molar-refractivity contribution is 0.492. The second kappa shape index (κ2) is 9.67. The molecule has 3 N–H and O–H groups in total. The average Bonchev–Trinajstić information content (AvgIpc) is 3.29. The first kappa shape index (κ1) is 22.1. The quantitative estimate of drug-likeness (QED) is 0.443. The molecule has 7 nitrogen and oxygen atoms in total. The molecule has 172 valence electrons. The lowest BCUT2D eigenvalue weighted by Gasteiger charge is -2.33. The third-order valence-electron chi connectivity index (χ3n) is 6.11. The van der Waals surface area contributed by atoms with E-state index in [9.17, 15) is 10.1 Å². The van der Waals surface area contributed by atoms with Crippen molar-refractivity contribution < 1.29 is 0 Å². The average molecular weight is 471 g/mol. The summed E-state index contributed by atoms with van der Waals surface area (Å²) >= 11 is 1.47. The largest absolute Gasteiger partial charge is 0.380 e. The molecule has 4 aromatic rings. The number of benzene rings is 2. The van der Waals surface area contributed by atoms with Crippen molar-refractivity contribution in [3.05, 3.63) is 87.0 Å². The maximum absolute atomic E-state index is 13.7. The summed E-state index contributed by atoms with van der Waals surface area (Å²) in [4.78, 5) is 21.8. The molecule has 2 aromatic heterocycles. The molecular weight excluding hydrogens is 444 g/mol. The maximum Gasteiger partial charge on any atom is 0.273 e. The zero-order chi connectivity index (χ0) is 23.5. The Morgan fingerprint density at radius 3 is 2.76 bits per heavy atom. The molecule has 0 amide bonds. The van der Waals surface area contributed by atoms with Crippen molar-refractivity contribution in [2.24, 2.45) is 5.73 Å². The summed E-state index contributed by atoms with van der Waals surface area (Å²) in [7, 11) is 0. The molecule has 3 heterocycles. The molecule has 1 saturated heterocycles. The molecule has 5 rings (SSSR count). The molecule has 0 aliphatic carbocycles. The van der Waals surface area contributed by atoms with Crippen molar-refractivity contribution in [3.8, 4) is 6.07 Å². The van der Waals surface area contributed by atoms with E-state index in [4.69, 9.17) is 10.7 Å². The van der Waals surface area contributed by atoms with E-state index >= 15 is 0 Å². The van der Waals surface area contributed by atoms with Gasteiger partial charge in [-0.1, -0.05) is 36.4 Å². The lowest BCUT2D eigenvalue weighted by atomic mass is 10.1. The third kappa shape index (κ3) is 4.53. The van der Waals surface area contributed by atoms with Gasteiger partial charge in [0.05, 0.1) is 23.7 Å². The van der Waals surface area contributed by atoms with Crippen LogP contribution in [0.5, 0.6) is 0 Å². The minimum atomic E-state index is -0.0807. The number of thiophene rings is 1. The van der Waals surface area contributed by atoms with Crippen LogP contribution in [0.15, 0.2) is 65.5 Å². The Hall–Kier alpha value is -3.67. The maximum atomic E-state index is 13.7. The summed E-state index contributed by atoms with van der Waals surface area (Å²) in [5.74, 6) is 0.626. The molecule has 1 aliphatic rings. The van der Waals surface area contributed by atoms with Crippen molar-refractivity contribution in [1.82, 2.24) is 9.55 Å². The number of nitriles is 1. The molecule has 0 unspecified atom stereocenters. The van der Waals surface area contributed by atoms with Crippen LogP contribution in [0.2, 0.25) is 0 Å². The number of hydrogen-bond acceptors (Lipinski definition) is 7. The van der Waals surface area contributed by atoms with Crippen LogP contribution in [-0.2, 0) is 13.1 Å². The highest BCUT2D eigenvalue weighted by Crippen LogP contribution is 2.27. The summed E-state index contributed by atoms with van der Waals surface area (Å²) in [5.41, 5.74) is 9.28. The van der Waals surface area contributed by atoms with E-state index in [-0.39, 0.29) is 11.6 Å². The number of anilines is 2. The first-order chi connectivity index (χ1) is 16.6. The predicted molar refractivity (Wildman–Crippen MR) is 137 cm³/mol. The molecule has 8 heteroatoms. The number of nitrogens with two attached hydrogens (primary N) is 1. The van der Waals surface area contributed by atoms with Gasteiger partial charge in [0.2, 0.25) is 5.95 Å². The van der Waals surface area contributed by atoms with Gasteiger partial charge in [-0.15, -0.1) is 11.3 Å². The molecule has 1 atom stereocenters. The molecule has 0 bridgehead atoms. The topological polar surface area (TPSA) is 100.0 Å². The Morgan fingerprint density at radius 2 is 1.97 bits per heavy atom. The number of rotatable bonds is 6. The van der Waals surface area contributed by atoms with Crippen LogP contribution < -0.4 is 21.5 Å². The summed E-state index contributed by atoms with van der Waals surface area (Å²) in [6, 6.07) is 21.7. The van der Waals surface area contributed by atoms with Crippen LogP contribution in [0.1, 0.15) is 28.8 Å². The van der Waals surface area contributed by atoms with Gasteiger partial charge in [-0.25, -0.2) is 4.98 Å². The van der Waals surface area contributed by atoms with E-state index in [0.29, 0.717) is 41.4 Å². The highest BCUT2D eigenvalue weighted by molar-refractivity contribution is 7.18. The minimum absolute atomic E-state index is 0.0503. The predicted octanol–water partition coefficient (Wildman–Crippen LogP) is 3.92. The summed E-state index contributed by atoms with van der Waals surface area (Å²) in [6.45, 7) is 2.37. The summed E-state index contributed by atoms with van der Waals surface area (Å²) in [6.07, 6.45) is 1.92. The first-order valence-corrected chi connectivity index (χ1v) is 12.2. The van der Waals surface area contributed by atoms with E-state index in [0.717, 1.165) is 35.5 Å². The number of fused-ring (bicyclic) bond motifs is 1. The van der Waals surface area contributed by atoms with E-state index in [2.05, 4.69) is 16.3 Å². The third-order valence-corrected chi connectivity index (χ3v) is 7.22. The monoisotopic (exact) mass is 470 g/mol. The molecule has 0 saturated carbocycles. The number of nitrogens with one attached hydrogen (secondary N) is 1. The standard InChI is InChI=1S/C26H26N6OS/c27-14-18-7-4-5-8-19(18)16-32-25(33)24-23(30-26(32)31-12-6-9-20(28)17-31)13-22(34-24)15-29-21-10-2-1-3-11-21/h1-5,7-8,10-11,13,20,29H,6,9,12,15-17,28H2/t20-/m1/s1. The minimum Gasteiger partial charge on any atom is -0.380 e. The normalized spacial score (nSPS) is 15.9.